The maximum atomic E-state index is 13.3. The van der Waals surface area contributed by atoms with Gasteiger partial charge in [-0.25, -0.2) is 8.42 Å². The first kappa shape index (κ1) is 30.5. The summed E-state index contributed by atoms with van der Waals surface area (Å²) in [5, 5.41) is 4.09. The van der Waals surface area contributed by atoms with E-state index in [9.17, 15) is 18.0 Å². The average Bonchev–Trinajstić information content (AvgIpc) is 2.80. The van der Waals surface area contributed by atoms with Crippen LogP contribution in [0.5, 0.6) is 0 Å². The molecule has 0 aromatic heterocycles. The highest BCUT2D eigenvalue weighted by Crippen LogP contribution is 2.31. The molecule has 7 nitrogen and oxygen atoms in total. The molecule has 0 aliphatic carbocycles. The standard InChI is InChI=1S/C24H29Cl4N3O4S/c1-4-12-29-24(33)16(2)30(15-18-19(26)7-5-8-20(18)27)23(32)9-6-13-31(36(3,34)35)22-14-17(25)10-11-21(22)28/h5,7-8,10-11,14,16H,4,6,9,12-13,15H2,1-3H3,(H,29,33)/t16-/m0/s1. The second-order valence-electron chi connectivity index (χ2n) is 8.22. The van der Waals surface area contributed by atoms with Crippen LogP contribution in [0.15, 0.2) is 36.4 Å². The molecule has 1 atom stereocenters. The summed E-state index contributed by atoms with van der Waals surface area (Å²) in [6.45, 7) is 4.04. The van der Waals surface area contributed by atoms with Crippen LogP contribution in [-0.4, -0.2) is 50.5 Å². The van der Waals surface area contributed by atoms with Gasteiger partial charge in [-0.05, 0) is 50.1 Å². The number of benzene rings is 2. The molecule has 0 spiro atoms. The molecule has 36 heavy (non-hydrogen) atoms. The highest BCUT2D eigenvalue weighted by atomic mass is 35.5. The van der Waals surface area contributed by atoms with E-state index in [2.05, 4.69) is 5.32 Å². The van der Waals surface area contributed by atoms with E-state index >= 15 is 0 Å². The van der Waals surface area contributed by atoms with Gasteiger partial charge in [0, 0.05) is 46.7 Å². The second-order valence-corrected chi connectivity index (χ2v) is 11.8. The van der Waals surface area contributed by atoms with Gasteiger partial charge in [0.15, 0.2) is 0 Å². The number of sulfonamides is 1. The molecule has 2 aromatic carbocycles. The Kier molecular flexibility index (Phi) is 11.6. The Labute approximate surface area is 232 Å². The van der Waals surface area contributed by atoms with E-state index in [-0.39, 0.29) is 48.5 Å². The summed E-state index contributed by atoms with van der Waals surface area (Å²) in [5.41, 5.74) is 0.749. The van der Waals surface area contributed by atoms with Crippen LogP contribution in [0.2, 0.25) is 20.1 Å². The summed E-state index contributed by atoms with van der Waals surface area (Å²) >= 11 is 24.9. The Balaban J connectivity index is 2.24. The molecule has 198 valence electrons. The molecule has 2 aromatic rings. The molecular formula is C24H29Cl4N3O4S. The van der Waals surface area contributed by atoms with Crippen LogP contribution in [0, 0.1) is 0 Å². The highest BCUT2D eigenvalue weighted by Gasteiger charge is 2.28. The summed E-state index contributed by atoms with van der Waals surface area (Å²) < 4.78 is 26.0. The van der Waals surface area contributed by atoms with Gasteiger partial charge in [-0.2, -0.15) is 0 Å². The van der Waals surface area contributed by atoms with E-state index in [4.69, 9.17) is 46.4 Å². The molecule has 0 aliphatic heterocycles. The third kappa shape index (κ3) is 8.42. The summed E-state index contributed by atoms with van der Waals surface area (Å²) in [5.74, 6) is -0.660. The van der Waals surface area contributed by atoms with Gasteiger partial charge < -0.3 is 10.2 Å². The molecule has 2 amide bonds. The Morgan fingerprint density at radius 3 is 2.25 bits per heavy atom. The Hall–Kier alpha value is -1.71. The summed E-state index contributed by atoms with van der Waals surface area (Å²) in [6, 6.07) is 8.73. The fourth-order valence-electron chi connectivity index (χ4n) is 3.49. The topological polar surface area (TPSA) is 86.8 Å². The zero-order valence-corrected chi connectivity index (χ0v) is 24.1. The lowest BCUT2D eigenvalue weighted by Crippen LogP contribution is -2.48. The third-order valence-corrected chi connectivity index (χ3v) is 7.88. The monoisotopic (exact) mass is 595 g/mol. The van der Waals surface area contributed by atoms with E-state index in [1.165, 1.54) is 17.0 Å². The van der Waals surface area contributed by atoms with Crippen molar-refractivity contribution < 1.29 is 18.0 Å². The molecule has 0 heterocycles. The van der Waals surface area contributed by atoms with Crippen molar-refractivity contribution in [2.75, 3.05) is 23.7 Å². The van der Waals surface area contributed by atoms with Gasteiger partial charge in [-0.1, -0.05) is 59.4 Å². The predicted molar refractivity (Wildman–Crippen MR) is 148 cm³/mol. The largest absolute Gasteiger partial charge is 0.354 e. The zero-order valence-electron chi connectivity index (χ0n) is 20.2. The van der Waals surface area contributed by atoms with Crippen LogP contribution in [0.25, 0.3) is 0 Å². The van der Waals surface area contributed by atoms with Crippen LogP contribution in [0.4, 0.5) is 5.69 Å². The molecule has 1 N–H and O–H groups in total. The summed E-state index contributed by atoms with van der Waals surface area (Å²) in [4.78, 5) is 27.4. The van der Waals surface area contributed by atoms with E-state index in [1.54, 1.807) is 31.2 Å². The Morgan fingerprint density at radius 2 is 1.67 bits per heavy atom. The van der Waals surface area contributed by atoms with Crippen LogP contribution in [0.1, 0.15) is 38.7 Å². The first-order valence-electron chi connectivity index (χ1n) is 11.3. The van der Waals surface area contributed by atoms with Gasteiger partial charge in [-0.15, -0.1) is 0 Å². The normalized spacial score (nSPS) is 12.2. The number of nitrogens with one attached hydrogen (secondary N) is 1. The molecule has 0 saturated carbocycles. The number of carbonyl (C=O) groups excluding carboxylic acids is 2. The van der Waals surface area contributed by atoms with Gasteiger partial charge in [0.1, 0.15) is 6.04 Å². The summed E-state index contributed by atoms with van der Waals surface area (Å²) in [7, 11) is -3.71. The number of nitrogens with zero attached hydrogens (tertiary/aromatic N) is 2. The first-order valence-corrected chi connectivity index (χ1v) is 14.7. The molecule has 2 rings (SSSR count). The maximum Gasteiger partial charge on any atom is 0.242 e. The fourth-order valence-corrected chi connectivity index (χ4v) is 5.41. The van der Waals surface area contributed by atoms with Gasteiger partial charge in [0.2, 0.25) is 21.8 Å². The minimum Gasteiger partial charge on any atom is -0.354 e. The van der Waals surface area contributed by atoms with Crippen molar-refractivity contribution in [2.45, 2.75) is 45.7 Å². The van der Waals surface area contributed by atoms with Crippen molar-refractivity contribution in [3.8, 4) is 0 Å². The van der Waals surface area contributed by atoms with Crippen molar-refractivity contribution in [3.63, 3.8) is 0 Å². The number of anilines is 1. The number of hydrogen-bond acceptors (Lipinski definition) is 4. The molecule has 0 aliphatic rings. The lowest BCUT2D eigenvalue weighted by molar-refractivity contribution is -0.140. The van der Waals surface area contributed by atoms with Crippen LogP contribution in [0.3, 0.4) is 0 Å². The van der Waals surface area contributed by atoms with Crippen molar-refractivity contribution >= 4 is 73.9 Å². The van der Waals surface area contributed by atoms with E-state index < -0.39 is 16.1 Å². The van der Waals surface area contributed by atoms with Gasteiger partial charge >= 0.3 is 0 Å². The molecule has 0 radical (unpaired) electrons. The molecule has 12 heteroatoms. The lowest BCUT2D eigenvalue weighted by Gasteiger charge is -2.30. The Morgan fingerprint density at radius 1 is 1.03 bits per heavy atom. The third-order valence-electron chi connectivity index (χ3n) is 5.44. The van der Waals surface area contributed by atoms with Crippen LogP contribution < -0.4 is 9.62 Å². The second kappa shape index (κ2) is 13.7. The number of rotatable bonds is 12. The van der Waals surface area contributed by atoms with Gasteiger partial charge in [0.25, 0.3) is 0 Å². The minimum atomic E-state index is -3.71. The molecule has 0 bridgehead atoms. The lowest BCUT2D eigenvalue weighted by atomic mass is 10.1. The van der Waals surface area contributed by atoms with Crippen molar-refractivity contribution in [3.05, 3.63) is 62.1 Å². The molecular weight excluding hydrogens is 568 g/mol. The average molecular weight is 597 g/mol. The first-order chi connectivity index (χ1) is 16.9. The van der Waals surface area contributed by atoms with Gasteiger partial charge in [-0.3, -0.25) is 13.9 Å². The summed E-state index contributed by atoms with van der Waals surface area (Å²) in [6.07, 6.45) is 1.94. The van der Waals surface area contributed by atoms with E-state index in [0.717, 1.165) is 17.0 Å². The SMILES string of the molecule is CCCNC(=O)[C@H](C)N(Cc1c(Cl)cccc1Cl)C(=O)CCCN(c1cc(Cl)ccc1Cl)S(C)(=O)=O. The van der Waals surface area contributed by atoms with E-state index in [0.29, 0.717) is 27.2 Å². The maximum absolute atomic E-state index is 13.3. The smallest absolute Gasteiger partial charge is 0.242 e. The fraction of sp³-hybridized carbons (Fsp3) is 0.417. The van der Waals surface area contributed by atoms with Crippen molar-refractivity contribution in [1.29, 1.82) is 0 Å². The number of carbonyl (C=O) groups is 2. The predicted octanol–water partition coefficient (Wildman–Crippen LogP) is 5.79. The number of hydrogen-bond donors (Lipinski definition) is 1. The number of halogens is 4. The van der Waals surface area contributed by atoms with Crippen LogP contribution >= 0.6 is 46.4 Å². The molecule has 0 saturated heterocycles. The highest BCUT2D eigenvalue weighted by molar-refractivity contribution is 7.92. The van der Waals surface area contributed by atoms with Gasteiger partial charge in [0.05, 0.1) is 17.0 Å². The van der Waals surface area contributed by atoms with E-state index in [1.807, 2.05) is 6.92 Å². The molecule has 0 fully saturated rings. The van der Waals surface area contributed by atoms with Crippen molar-refractivity contribution in [2.24, 2.45) is 0 Å². The molecule has 0 unspecified atom stereocenters. The Bertz CT molecular complexity index is 1170. The van der Waals surface area contributed by atoms with Crippen LogP contribution in [-0.2, 0) is 26.2 Å². The quantitative estimate of drug-likeness (QED) is 0.336. The zero-order chi connectivity index (χ0) is 27.0. The van der Waals surface area contributed by atoms with Crippen molar-refractivity contribution in [1.82, 2.24) is 10.2 Å². The number of amides is 2. The minimum absolute atomic E-state index is 0.0122.